The number of hydrogen-bond acceptors (Lipinski definition) is 9. The molecule has 0 N–H and O–H groups in total. The molecule has 0 bridgehead atoms. The molecule has 8 nitrogen and oxygen atoms in total. The van der Waals surface area contributed by atoms with Crippen LogP contribution in [0, 0.1) is 0 Å². The molecule has 0 aromatic carbocycles. The zero-order chi connectivity index (χ0) is 19.7. The van der Waals surface area contributed by atoms with E-state index in [1.54, 1.807) is 26.0 Å². The lowest BCUT2D eigenvalue weighted by molar-refractivity contribution is 0.0475. The number of carbonyl (C=O) groups is 2. The smallest absolute Gasteiger partial charge is 0.374 e. The predicted octanol–water partition coefficient (Wildman–Crippen LogP) is 3.04. The summed E-state index contributed by atoms with van der Waals surface area (Å²) in [7, 11) is -3.40. The van der Waals surface area contributed by atoms with Crippen LogP contribution in [0.5, 0.6) is 0 Å². The fourth-order valence-electron chi connectivity index (χ4n) is 1.57. The van der Waals surface area contributed by atoms with Gasteiger partial charge in [0.1, 0.15) is 0 Å². The lowest BCUT2D eigenvalue weighted by atomic mass is 10.5. The monoisotopic (exact) mass is 404 g/mol. The van der Waals surface area contributed by atoms with Crippen LogP contribution in [-0.2, 0) is 19.3 Å². The first-order valence-corrected chi connectivity index (χ1v) is 10.6. The van der Waals surface area contributed by atoms with Crippen LogP contribution in [0.2, 0.25) is 0 Å². The van der Waals surface area contributed by atoms with Gasteiger partial charge in [0.05, 0.1) is 13.2 Å². The molecule has 0 saturated carbocycles. The molecule has 26 heavy (non-hydrogen) atoms. The third-order valence-corrected chi connectivity index (χ3v) is 4.25. The van der Waals surface area contributed by atoms with Gasteiger partial charge in [-0.3, -0.25) is 0 Å². The van der Waals surface area contributed by atoms with Crippen LogP contribution in [-0.4, -0.2) is 46.1 Å². The van der Waals surface area contributed by atoms with E-state index in [1.807, 2.05) is 6.26 Å². The van der Waals surface area contributed by atoms with Gasteiger partial charge >= 0.3 is 11.9 Å². The highest BCUT2D eigenvalue weighted by atomic mass is 32.2. The highest BCUT2D eigenvalue weighted by molar-refractivity contribution is 7.98. The Kier molecular flexibility index (Phi) is 8.46. The Morgan fingerprint density at radius 2 is 1.46 bits per heavy atom. The molecule has 0 atom stereocenters. The van der Waals surface area contributed by atoms with Crippen LogP contribution < -0.4 is 0 Å². The van der Waals surface area contributed by atoms with Gasteiger partial charge in [-0.25, -0.2) is 18.0 Å². The number of furan rings is 2. The van der Waals surface area contributed by atoms with Crippen molar-refractivity contribution < 1.29 is 36.3 Å². The van der Waals surface area contributed by atoms with Crippen molar-refractivity contribution in [3.63, 3.8) is 0 Å². The van der Waals surface area contributed by atoms with E-state index in [0.29, 0.717) is 6.61 Å². The maximum atomic E-state index is 11.1. The topological polar surface area (TPSA) is 113 Å². The molecule has 0 unspecified atom stereocenters. The van der Waals surface area contributed by atoms with Gasteiger partial charge in [0.25, 0.3) is 0 Å². The van der Waals surface area contributed by atoms with Crippen molar-refractivity contribution in [3.05, 3.63) is 35.8 Å². The zero-order valence-electron chi connectivity index (χ0n) is 14.8. The first-order valence-electron chi connectivity index (χ1n) is 7.50. The summed E-state index contributed by atoms with van der Waals surface area (Å²) in [6.07, 6.45) is 2.88. The van der Waals surface area contributed by atoms with Crippen LogP contribution in [0.25, 0.3) is 0 Å². The van der Waals surface area contributed by atoms with Gasteiger partial charge in [0.15, 0.2) is 5.09 Å². The minimum atomic E-state index is -3.40. The minimum absolute atomic E-state index is 0.104. The Hall–Kier alpha value is -2.20. The standard InChI is InChI=1S/C8H10O5S.C8H10O3S/c1-3-12-8(9)6-4-5-7(13-6)14(2,10)11;1-3-10-8(9)6-4-5-7(11-6)12-2/h4-5H,3H2,1-2H3;4-5H,3H2,1-2H3. The van der Waals surface area contributed by atoms with E-state index in [9.17, 15) is 18.0 Å². The molecule has 0 aliphatic rings. The van der Waals surface area contributed by atoms with Crippen molar-refractivity contribution in [2.24, 2.45) is 0 Å². The van der Waals surface area contributed by atoms with Crippen molar-refractivity contribution in [1.29, 1.82) is 0 Å². The van der Waals surface area contributed by atoms with E-state index in [2.05, 4.69) is 4.74 Å². The molecule has 0 aliphatic carbocycles. The van der Waals surface area contributed by atoms with Crippen molar-refractivity contribution in [3.8, 4) is 0 Å². The Labute approximate surface area is 155 Å². The Balaban J connectivity index is 0.000000263. The number of hydrogen-bond donors (Lipinski definition) is 0. The van der Waals surface area contributed by atoms with Crippen molar-refractivity contribution >= 4 is 33.5 Å². The fourth-order valence-corrected chi connectivity index (χ4v) is 2.51. The number of sulfone groups is 1. The van der Waals surface area contributed by atoms with Gasteiger partial charge in [0, 0.05) is 6.26 Å². The van der Waals surface area contributed by atoms with E-state index >= 15 is 0 Å². The summed E-state index contributed by atoms with van der Waals surface area (Å²) >= 11 is 1.45. The van der Waals surface area contributed by atoms with Gasteiger partial charge in [-0.05, 0) is 44.4 Å². The quantitative estimate of drug-likeness (QED) is 0.529. The normalized spacial score (nSPS) is 10.6. The van der Waals surface area contributed by atoms with Crippen molar-refractivity contribution in [2.45, 2.75) is 24.0 Å². The summed E-state index contributed by atoms with van der Waals surface area (Å²) in [6, 6.07) is 5.86. The fraction of sp³-hybridized carbons (Fsp3) is 0.375. The van der Waals surface area contributed by atoms with Gasteiger partial charge in [0.2, 0.25) is 26.5 Å². The summed E-state index contributed by atoms with van der Waals surface area (Å²) < 4.78 is 41.3. The first-order chi connectivity index (χ1) is 12.2. The molecule has 2 aromatic rings. The molecule has 10 heteroatoms. The number of esters is 2. The molecule has 144 valence electrons. The van der Waals surface area contributed by atoms with Crippen LogP contribution >= 0.6 is 11.8 Å². The molecule has 0 amide bonds. The van der Waals surface area contributed by atoms with Crippen molar-refractivity contribution in [1.82, 2.24) is 0 Å². The van der Waals surface area contributed by atoms with Gasteiger partial charge in [-0.15, -0.1) is 0 Å². The molecule has 0 spiro atoms. The molecule has 0 radical (unpaired) electrons. The van der Waals surface area contributed by atoms with Gasteiger partial charge < -0.3 is 18.3 Å². The number of carbonyl (C=O) groups excluding carboxylic acids is 2. The average molecular weight is 404 g/mol. The molecular weight excluding hydrogens is 384 g/mol. The van der Waals surface area contributed by atoms with Crippen LogP contribution in [0.3, 0.4) is 0 Å². The Morgan fingerprint density at radius 3 is 1.85 bits per heavy atom. The summed E-state index contributed by atoms with van der Waals surface area (Å²) in [5.41, 5.74) is 0. The summed E-state index contributed by atoms with van der Waals surface area (Å²) in [6.45, 7) is 4.00. The lowest BCUT2D eigenvalue weighted by Crippen LogP contribution is -2.03. The van der Waals surface area contributed by atoms with E-state index in [0.717, 1.165) is 11.3 Å². The summed E-state index contributed by atoms with van der Waals surface area (Å²) in [4.78, 5) is 22.1. The van der Waals surface area contributed by atoms with Crippen LogP contribution in [0.15, 0.2) is 43.3 Å². The molecule has 2 aromatic heterocycles. The number of ether oxygens (including phenoxy) is 2. The largest absolute Gasteiger partial charge is 0.460 e. The maximum Gasteiger partial charge on any atom is 0.374 e. The third-order valence-electron chi connectivity index (χ3n) is 2.68. The molecule has 2 rings (SSSR count). The molecule has 2 heterocycles. The summed E-state index contributed by atoms with van der Waals surface area (Å²) in [5, 5.41) is 0.485. The zero-order valence-corrected chi connectivity index (χ0v) is 16.4. The average Bonchev–Trinajstić information content (AvgIpc) is 3.25. The molecule has 0 saturated heterocycles. The first kappa shape index (κ1) is 21.8. The summed E-state index contributed by atoms with van der Waals surface area (Å²) in [5.74, 6) is -0.909. The number of rotatable bonds is 6. The van der Waals surface area contributed by atoms with E-state index in [4.69, 9.17) is 13.6 Å². The third kappa shape index (κ3) is 6.60. The van der Waals surface area contributed by atoms with Crippen LogP contribution in [0.4, 0.5) is 0 Å². The molecule has 0 aliphatic heterocycles. The lowest BCUT2D eigenvalue weighted by Gasteiger charge is -1.96. The van der Waals surface area contributed by atoms with E-state index in [1.165, 1.54) is 23.9 Å². The maximum absolute atomic E-state index is 11.1. The highest BCUT2D eigenvalue weighted by Gasteiger charge is 2.17. The Morgan fingerprint density at radius 1 is 0.962 bits per heavy atom. The second kappa shape index (κ2) is 10.1. The van der Waals surface area contributed by atoms with Gasteiger partial charge in [-0.2, -0.15) is 0 Å². The van der Waals surface area contributed by atoms with E-state index in [-0.39, 0.29) is 23.2 Å². The van der Waals surface area contributed by atoms with Gasteiger partial charge in [-0.1, -0.05) is 11.8 Å². The minimum Gasteiger partial charge on any atom is -0.460 e. The second-order valence-corrected chi connectivity index (χ2v) is 7.41. The highest BCUT2D eigenvalue weighted by Crippen LogP contribution is 2.18. The number of thioether (sulfide) groups is 1. The second-order valence-electron chi connectivity index (χ2n) is 4.65. The van der Waals surface area contributed by atoms with E-state index < -0.39 is 21.8 Å². The predicted molar refractivity (Wildman–Crippen MR) is 94.2 cm³/mol. The van der Waals surface area contributed by atoms with Crippen molar-refractivity contribution in [2.75, 3.05) is 25.7 Å². The molecule has 0 fully saturated rings. The Bertz CT molecular complexity index is 832. The SMILES string of the molecule is CCOC(=O)c1ccc(S(C)(=O)=O)o1.CCOC(=O)c1ccc(SC)o1. The molecular formula is C16H20O8S2. The van der Waals surface area contributed by atoms with Crippen LogP contribution in [0.1, 0.15) is 35.0 Å².